The van der Waals surface area contributed by atoms with Gasteiger partial charge in [-0.1, -0.05) is 11.8 Å². The van der Waals surface area contributed by atoms with E-state index in [1.165, 1.54) is 16.4 Å². The number of H-pyrrole nitrogens is 1. The Balaban J connectivity index is 2.69. The highest BCUT2D eigenvalue weighted by Crippen LogP contribution is 2.18. The molecule has 1 rings (SSSR count). The van der Waals surface area contributed by atoms with Crippen molar-refractivity contribution in [2.45, 2.75) is 43.9 Å². The van der Waals surface area contributed by atoms with Crippen molar-refractivity contribution in [3.05, 3.63) is 20.7 Å². The Kier molecular flexibility index (Phi) is 5.53. The second-order valence-electron chi connectivity index (χ2n) is 5.04. The number of nitrogens with zero attached hydrogens (tertiary/aromatic N) is 3. The van der Waals surface area contributed by atoms with Crippen molar-refractivity contribution in [2.75, 3.05) is 5.75 Å². The van der Waals surface area contributed by atoms with E-state index < -0.39 is 16.7 Å². The van der Waals surface area contributed by atoms with Crippen molar-refractivity contribution in [2.24, 2.45) is 7.05 Å². The molecule has 0 spiro atoms. The first-order valence-corrected chi connectivity index (χ1v) is 7.25. The molecule has 8 heteroatoms. The Morgan fingerprint density at radius 3 is 2.75 bits per heavy atom. The van der Waals surface area contributed by atoms with Gasteiger partial charge in [-0.05, 0) is 27.2 Å². The quantitative estimate of drug-likeness (QED) is 0.575. The van der Waals surface area contributed by atoms with Gasteiger partial charge in [0.15, 0.2) is 5.16 Å². The van der Waals surface area contributed by atoms with E-state index in [2.05, 4.69) is 21.5 Å². The number of nitriles is 1. The van der Waals surface area contributed by atoms with Crippen LogP contribution in [-0.2, 0) is 7.05 Å². The zero-order valence-electron chi connectivity index (χ0n) is 12.1. The number of nitrogens with one attached hydrogen (secondary N) is 2. The molecule has 0 radical (unpaired) electrons. The Hall–Kier alpha value is -1.59. The van der Waals surface area contributed by atoms with E-state index in [4.69, 9.17) is 0 Å². The Morgan fingerprint density at radius 1 is 1.55 bits per heavy atom. The van der Waals surface area contributed by atoms with E-state index in [0.29, 0.717) is 17.3 Å². The van der Waals surface area contributed by atoms with Crippen molar-refractivity contribution in [1.82, 2.24) is 20.1 Å². The SMILES string of the molecule is CC(C)NC(C)(C#N)CCSc1nc(=O)c(=O)[nH]n1C. The van der Waals surface area contributed by atoms with Gasteiger partial charge in [-0.15, -0.1) is 0 Å². The van der Waals surface area contributed by atoms with E-state index in [1.54, 1.807) is 7.05 Å². The van der Waals surface area contributed by atoms with Crippen LogP contribution in [0.2, 0.25) is 0 Å². The number of thioether (sulfide) groups is 1. The molecule has 0 bridgehead atoms. The summed E-state index contributed by atoms with van der Waals surface area (Å²) >= 11 is 1.33. The number of aromatic amines is 1. The van der Waals surface area contributed by atoms with Crippen molar-refractivity contribution in [3.8, 4) is 6.07 Å². The third-order valence-corrected chi connectivity index (χ3v) is 3.67. The summed E-state index contributed by atoms with van der Waals surface area (Å²) in [4.78, 5) is 26.0. The molecule has 2 N–H and O–H groups in total. The summed E-state index contributed by atoms with van der Waals surface area (Å²) in [7, 11) is 1.62. The second kappa shape index (κ2) is 6.72. The predicted octanol–water partition coefficient (Wildman–Crippen LogP) is 0.231. The third-order valence-electron chi connectivity index (χ3n) is 2.63. The number of rotatable bonds is 6. The van der Waals surface area contributed by atoms with Crippen molar-refractivity contribution >= 4 is 11.8 Å². The smallest absolute Gasteiger partial charge is 0.297 e. The highest BCUT2D eigenvalue weighted by Gasteiger charge is 2.24. The van der Waals surface area contributed by atoms with Crippen LogP contribution < -0.4 is 16.4 Å². The van der Waals surface area contributed by atoms with Gasteiger partial charge >= 0.3 is 11.1 Å². The third kappa shape index (κ3) is 4.51. The molecule has 0 saturated carbocycles. The summed E-state index contributed by atoms with van der Waals surface area (Å²) in [5.74, 6) is 0.607. The van der Waals surface area contributed by atoms with Crippen LogP contribution in [0.1, 0.15) is 27.2 Å². The molecule has 1 heterocycles. The highest BCUT2D eigenvalue weighted by molar-refractivity contribution is 7.99. The lowest BCUT2D eigenvalue weighted by Gasteiger charge is -2.25. The van der Waals surface area contributed by atoms with E-state index >= 15 is 0 Å². The lowest BCUT2D eigenvalue weighted by Crippen LogP contribution is -2.45. The van der Waals surface area contributed by atoms with Crippen LogP contribution in [0.4, 0.5) is 0 Å². The zero-order valence-corrected chi connectivity index (χ0v) is 12.9. The molecule has 0 aliphatic heterocycles. The second-order valence-corrected chi connectivity index (χ2v) is 6.10. The van der Waals surface area contributed by atoms with Crippen LogP contribution in [0.15, 0.2) is 14.7 Å². The van der Waals surface area contributed by atoms with Crippen LogP contribution in [0.25, 0.3) is 0 Å². The Bertz CT molecular complexity index is 615. The van der Waals surface area contributed by atoms with Gasteiger partial charge in [0, 0.05) is 18.8 Å². The van der Waals surface area contributed by atoms with Crippen LogP contribution in [0, 0.1) is 11.3 Å². The zero-order chi connectivity index (χ0) is 15.3. The predicted molar refractivity (Wildman–Crippen MR) is 77.7 cm³/mol. The summed E-state index contributed by atoms with van der Waals surface area (Å²) in [6.45, 7) is 5.80. The number of aryl methyl sites for hydroxylation is 1. The van der Waals surface area contributed by atoms with Gasteiger partial charge in [0.25, 0.3) is 0 Å². The number of hydrogen-bond acceptors (Lipinski definition) is 6. The summed E-state index contributed by atoms with van der Waals surface area (Å²) in [6.07, 6.45) is 0.599. The van der Waals surface area contributed by atoms with E-state index in [1.807, 2.05) is 20.8 Å². The monoisotopic (exact) mass is 297 g/mol. The van der Waals surface area contributed by atoms with E-state index in [0.717, 1.165) is 0 Å². The van der Waals surface area contributed by atoms with E-state index in [9.17, 15) is 14.9 Å². The molecule has 1 aromatic rings. The van der Waals surface area contributed by atoms with Crippen LogP contribution in [-0.4, -0.2) is 32.1 Å². The van der Waals surface area contributed by atoms with Gasteiger partial charge < -0.3 is 0 Å². The molecular weight excluding hydrogens is 278 g/mol. The highest BCUT2D eigenvalue weighted by atomic mass is 32.2. The summed E-state index contributed by atoms with van der Waals surface area (Å²) in [6, 6.07) is 2.47. The normalized spacial score (nSPS) is 14.0. The van der Waals surface area contributed by atoms with Crippen LogP contribution >= 0.6 is 11.8 Å². The topological polar surface area (TPSA) is 104 Å². The van der Waals surface area contributed by atoms with Crippen molar-refractivity contribution < 1.29 is 0 Å². The maximum absolute atomic E-state index is 11.2. The minimum absolute atomic E-state index is 0.209. The molecule has 0 saturated heterocycles. The lowest BCUT2D eigenvalue weighted by molar-refractivity contribution is 0.397. The van der Waals surface area contributed by atoms with Gasteiger partial charge in [0.1, 0.15) is 5.54 Å². The fraction of sp³-hybridized carbons (Fsp3) is 0.667. The average Bonchev–Trinajstić information content (AvgIpc) is 2.34. The van der Waals surface area contributed by atoms with Crippen molar-refractivity contribution in [3.63, 3.8) is 0 Å². The number of hydrogen-bond donors (Lipinski definition) is 2. The van der Waals surface area contributed by atoms with Crippen molar-refractivity contribution in [1.29, 1.82) is 5.26 Å². The fourth-order valence-electron chi connectivity index (χ4n) is 1.73. The maximum atomic E-state index is 11.2. The molecule has 0 aliphatic rings. The Labute approximate surface area is 121 Å². The van der Waals surface area contributed by atoms with Gasteiger partial charge in [-0.25, -0.2) is 0 Å². The molecule has 20 heavy (non-hydrogen) atoms. The standard InChI is InChI=1S/C12H19N5O2S/c1-8(2)15-12(3,7-13)5-6-20-11-14-9(18)10(19)16-17(11)4/h8,15H,5-6H2,1-4H3,(H,16,19). The molecule has 0 aromatic carbocycles. The molecule has 0 fully saturated rings. The number of aromatic nitrogens is 3. The lowest BCUT2D eigenvalue weighted by atomic mass is 10.0. The largest absolute Gasteiger partial charge is 0.339 e. The van der Waals surface area contributed by atoms with Crippen LogP contribution in [0.5, 0.6) is 0 Å². The molecule has 1 unspecified atom stereocenters. The van der Waals surface area contributed by atoms with Gasteiger partial charge in [0.05, 0.1) is 6.07 Å². The molecule has 1 aromatic heterocycles. The first-order valence-electron chi connectivity index (χ1n) is 6.26. The van der Waals surface area contributed by atoms with Crippen LogP contribution in [0.3, 0.4) is 0 Å². The average molecular weight is 297 g/mol. The fourth-order valence-corrected chi connectivity index (χ4v) is 2.81. The molecule has 110 valence electrons. The molecule has 1 atom stereocenters. The first kappa shape index (κ1) is 16.5. The molecule has 0 amide bonds. The summed E-state index contributed by atoms with van der Waals surface area (Å²) < 4.78 is 1.41. The Morgan fingerprint density at radius 2 is 2.20 bits per heavy atom. The molecular formula is C12H19N5O2S. The summed E-state index contributed by atoms with van der Waals surface area (Å²) in [5.41, 5.74) is -2.16. The van der Waals surface area contributed by atoms with Gasteiger partial charge in [-0.3, -0.25) is 24.7 Å². The molecule has 0 aliphatic carbocycles. The maximum Gasteiger partial charge on any atom is 0.339 e. The molecule has 7 nitrogen and oxygen atoms in total. The summed E-state index contributed by atoms with van der Waals surface area (Å²) in [5, 5.41) is 15.2. The van der Waals surface area contributed by atoms with Gasteiger partial charge in [-0.2, -0.15) is 10.2 Å². The minimum atomic E-state index is -0.797. The minimum Gasteiger partial charge on any atom is -0.297 e. The first-order chi connectivity index (χ1) is 9.27. The van der Waals surface area contributed by atoms with Gasteiger partial charge in [0.2, 0.25) is 0 Å². The van der Waals surface area contributed by atoms with E-state index in [-0.39, 0.29) is 6.04 Å².